The summed E-state index contributed by atoms with van der Waals surface area (Å²) in [7, 11) is 0. The highest BCUT2D eigenvalue weighted by Crippen LogP contribution is 2.39. The summed E-state index contributed by atoms with van der Waals surface area (Å²) in [5.41, 5.74) is 1.73. The Morgan fingerprint density at radius 3 is 2.47 bits per heavy atom. The number of pyridine rings is 1. The van der Waals surface area contributed by atoms with E-state index in [1.54, 1.807) is 48.3 Å². The van der Waals surface area contributed by atoms with Crippen LogP contribution in [0.25, 0.3) is 26.7 Å². The number of hydrogen-bond acceptors (Lipinski definition) is 4. The maximum absolute atomic E-state index is 13.4. The van der Waals surface area contributed by atoms with Crippen LogP contribution in [0.4, 0.5) is 13.2 Å². The van der Waals surface area contributed by atoms with Crippen molar-refractivity contribution in [2.24, 2.45) is 0 Å². The van der Waals surface area contributed by atoms with Gasteiger partial charge in [0, 0.05) is 16.6 Å². The number of rotatable bonds is 4. The number of para-hydroxylation sites is 1. The van der Waals surface area contributed by atoms with E-state index in [2.05, 4.69) is 10.1 Å². The van der Waals surface area contributed by atoms with E-state index < -0.39 is 11.9 Å². The molecule has 30 heavy (non-hydrogen) atoms. The first-order chi connectivity index (χ1) is 14.3. The molecule has 3 nitrogen and oxygen atoms in total. The highest BCUT2D eigenvalue weighted by atomic mass is 35.5. The summed E-state index contributed by atoms with van der Waals surface area (Å²) in [5, 5.41) is 5.07. The smallest absolute Gasteiger partial charge is 0.249 e. The zero-order chi connectivity index (χ0) is 21.5. The number of aromatic nitrogens is 3. The van der Waals surface area contributed by atoms with Gasteiger partial charge in [-0.2, -0.15) is 18.3 Å². The highest BCUT2D eigenvalue weighted by Gasteiger charge is 2.35. The lowest BCUT2D eigenvalue weighted by Crippen LogP contribution is -2.07. The number of thiophene rings is 1. The van der Waals surface area contributed by atoms with Crippen LogP contribution >= 0.6 is 34.7 Å². The number of alkyl halides is 3. The van der Waals surface area contributed by atoms with Gasteiger partial charge in [-0.3, -0.25) is 0 Å². The molecular weight excluding hydrogens is 451 g/mol. The van der Waals surface area contributed by atoms with Crippen molar-refractivity contribution >= 4 is 34.7 Å². The van der Waals surface area contributed by atoms with E-state index >= 15 is 0 Å². The number of thioether (sulfide) groups is 1. The minimum absolute atomic E-state index is 0.319. The molecule has 4 aromatic rings. The van der Waals surface area contributed by atoms with Gasteiger partial charge in [0.05, 0.1) is 26.3 Å². The first kappa shape index (κ1) is 21.0. The van der Waals surface area contributed by atoms with Gasteiger partial charge in [0.2, 0.25) is 0 Å². The predicted octanol–water partition coefficient (Wildman–Crippen LogP) is 7.37. The molecule has 3 heterocycles. The summed E-state index contributed by atoms with van der Waals surface area (Å²) in [4.78, 5) is 6.02. The Kier molecular flexibility index (Phi) is 5.65. The van der Waals surface area contributed by atoms with Crippen LogP contribution in [0.2, 0.25) is 5.02 Å². The molecule has 154 valence electrons. The average Bonchev–Trinajstić information content (AvgIpc) is 3.35. The summed E-state index contributed by atoms with van der Waals surface area (Å²) in [6, 6.07) is 13.5. The molecule has 0 radical (unpaired) electrons. The zero-order valence-corrected chi connectivity index (χ0v) is 18.3. The monoisotopic (exact) mass is 465 g/mol. The Labute approximate surface area is 184 Å². The minimum Gasteiger partial charge on any atom is -0.249 e. The maximum atomic E-state index is 13.4. The Bertz CT molecular complexity index is 1210. The lowest BCUT2D eigenvalue weighted by atomic mass is 10.2. The Hall–Kier alpha value is -2.29. The average molecular weight is 466 g/mol. The Morgan fingerprint density at radius 1 is 1.07 bits per heavy atom. The molecule has 0 aliphatic heterocycles. The van der Waals surface area contributed by atoms with Gasteiger partial charge < -0.3 is 0 Å². The molecule has 0 saturated carbocycles. The van der Waals surface area contributed by atoms with Crippen molar-refractivity contribution in [1.82, 2.24) is 14.8 Å². The van der Waals surface area contributed by atoms with Crippen LogP contribution < -0.4 is 0 Å². The van der Waals surface area contributed by atoms with Gasteiger partial charge in [0.1, 0.15) is 0 Å². The second-order valence-corrected chi connectivity index (χ2v) is 8.78. The number of nitrogens with zero attached hydrogens (tertiary/aromatic N) is 3. The van der Waals surface area contributed by atoms with Gasteiger partial charge in [0.25, 0.3) is 0 Å². The van der Waals surface area contributed by atoms with Crippen LogP contribution in [0, 0.1) is 6.92 Å². The molecule has 0 atom stereocenters. The van der Waals surface area contributed by atoms with Gasteiger partial charge in [-0.25, -0.2) is 9.67 Å². The Balaban J connectivity index is 1.82. The van der Waals surface area contributed by atoms with E-state index in [4.69, 9.17) is 11.6 Å². The molecule has 0 aliphatic carbocycles. The lowest BCUT2D eigenvalue weighted by Gasteiger charge is -2.08. The van der Waals surface area contributed by atoms with Crippen LogP contribution in [0.5, 0.6) is 0 Å². The van der Waals surface area contributed by atoms with Crippen LogP contribution in [0.15, 0.2) is 59.8 Å². The summed E-state index contributed by atoms with van der Waals surface area (Å²) >= 11 is 9.19. The fourth-order valence-corrected chi connectivity index (χ4v) is 4.79. The van der Waals surface area contributed by atoms with Gasteiger partial charge in [-0.15, -0.1) is 23.1 Å². The van der Waals surface area contributed by atoms with Gasteiger partial charge in [0.15, 0.2) is 5.69 Å². The van der Waals surface area contributed by atoms with Gasteiger partial charge in [-0.05, 0) is 55.1 Å². The summed E-state index contributed by atoms with van der Waals surface area (Å²) in [6.45, 7) is 1.99. The van der Waals surface area contributed by atoms with E-state index in [0.717, 1.165) is 27.1 Å². The van der Waals surface area contributed by atoms with E-state index in [1.807, 2.05) is 25.3 Å². The van der Waals surface area contributed by atoms with E-state index in [1.165, 1.54) is 16.0 Å². The molecule has 0 spiro atoms. The third-order valence-corrected chi connectivity index (χ3v) is 6.74. The summed E-state index contributed by atoms with van der Waals surface area (Å²) < 4.78 is 41.4. The minimum atomic E-state index is -4.56. The zero-order valence-electron chi connectivity index (χ0n) is 15.9. The summed E-state index contributed by atoms with van der Waals surface area (Å²) in [5.74, 6) is 0. The van der Waals surface area contributed by atoms with Crippen LogP contribution in [-0.2, 0) is 6.18 Å². The SMILES string of the molecule is CSc1ncc(-c2ccc(-c3cc(C(F)(F)F)nn3-c3ccccc3Cl)s2)cc1C. The number of halogens is 4. The molecule has 9 heteroatoms. The molecule has 0 amide bonds. The van der Waals surface area contributed by atoms with Crippen molar-refractivity contribution < 1.29 is 13.2 Å². The number of benzene rings is 1. The third kappa shape index (κ3) is 3.99. The molecule has 0 aliphatic rings. The van der Waals surface area contributed by atoms with E-state index in [-0.39, 0.29) is 0 Å². The quantitative estimate of drug-likeness (QED) is 0.295. The van der Waals surface area contributed by atoms with E-state index in [0.29, 0.717) is 21.3 Å². The molecule has 0 bridgehead atoms. The summed E-state index contributed by atoms with van der Waals surface area (Å²) in [6.07, 6.45) is -0.816. The standard InChI is InChI=1S/C21H15ClF3N3S2/c1-12-9-13(11-26-20(12)29-2)17-7-8-18(30-17)16-10-19(21(23,24)25)27-28(16)15-6-4-3-5-14(15)22/h3-11H,1-2H3. The topological polar surface area (TPSA) is 30.7 Å². The molecule has 0 saturated heterocycles. The number of hydrogen-bond donors (Lipinski definition) is 0. The largest absolute Gasteiger partial charge is 0.435 e. The fourth-order valence-electron chi connectivity index (χ4n) is 3.04. The molecule has 3 aromatic heterocycles. The van der Waals surface area contributed by atoms with Crippen molar-refractivity contribution in [3.8, 4) is 26.7 Å². The first-order valence-corrected chi connectivity index (χ1v) is 11.2. The van der Waals surface area contributed by atoms with E-state index in [9.17, 15) is 13.2 Å². The molecule has 0 N–H and O–H groups in total. The molecule has 0 unspecified atom stereocenters. The van der Waals surface area contributed by atoms with Crippen molar-refractivity contribution in [2.45, 2.75) is 18.1 Å². The predicted molar refractivity (Wildman–Crippen MR) is 117 cm³/mol. The second kappa shape index (κ2) is 8.09. The molecule has 4 rings (SSSR count). The van der Waals surface area contributed by atoms with Crippen LogP contribution in [0.1, 0.15) is 11.3 Å². The Morgan fingerprint density at radius 2 is 1.80 bits per heavy atom. The normalized spacial score (nSPS) is 11.8. The molecule has 0 fully saturated rings. The van der Waals surface area contributed by atoms with Gasteiger partial charge in [-0.1, -0.05) is 23.7 Å². The van der Waals surface area contributed by atoms with Gasteiger partial charge >= 0.3 is 6.18 Å². The van der Waals surface area contributed by atoms with Crippen LogP contribution in [-0.4, -0.2) is 21.0 Å². The third-order valence-electron chi connectivity index (χ3n) is 4.45. The second-order valence-electron chi connectivity index (χ2n) is 6.49. The molecular formula is C21H15ClF3N3S2. The first-order valence-electron chi connectivity index (χ1n) is 8.81. The molecule has 1 aromatic carbocycles. The van der Waals surface area contributed by atoms with Crippen molar-refractivity contribution in [1.29, 1.82) is 0 Å². The number of aryl methyl sites for hydroxylation is 1. The van der Waals surface area contributed by atoms with Crippen molar-refractivity contribution in [3.05, 3.63) is 71.0 Å². The maximum Gasteiger partial charge on any atom is 0.435 e. The van der Waals surface area contributed by atoms with Crippen molar-refractivity contribution in [2.75, 3.05) is 6.26 Å². The fraction of sp³-hybridized carbons (Fsp3) is 0.143. The lowest BCUT2D eigenvalue weighted by molar-refractivity contribution is -0.141. The van der Waals surface area contributed by atoms with Crippen molar-refractivity contribution in [3.63, 3.8) is 0 Å². The van der Waals surface area contributed by atoms with Crippen LogP contribution in [0.3, 0.4) is 0 Å². The highest BCUT2D eigenvalue weighted by molar-refractivity contribution is 7.98.